The van der Waals surface area contributed by atoms with Crippen LogP contribution in [-0.2, 0) is 0 Å². The van der Waals surface area contributed by atoms with Gasteiger partial charge in [0.15, 0.2) is 5.82 Å². The Balaban J connectivity index is 2.09. The second-order valence-electron chi connectivity index (χ2n) is 5.15. The molecule has 0 amide bonds. The van der Waals surface area contributed by atoms with Gasteiger partial charge in [0.1, 0.15) is 5.82 Å². The zero-order valence-corrected chi connectivity index (χ0v) is 11.7. The summed E-state index contributed by atoms with van der Waals surface area (Å²) in [6.45, 7) is 2.00. The highest BCUT2D eigenvalue weighted by molar-refractivity contribution is 6.31. The lowest BCUT2D eigenvalue weighted by Gasteiger charge is -2.16. The van der Waals surface area contributed by atoms with Gasteiger partial charge in [-0.15, -0.1) is 10.2 Å². The number of nitrogens with zero attached hydrogens (tertiary/aromatic N) is 3. The second kappa shape index (κ2) is 4.85. The molecule has 0 bridgehead atoms. The monoisotopic (exact) mass is 276 g/mol. The highest BCUT2D eigenvalue weighted by Crippen LogP contribution is 2.34. The molecule has 5 heteroatoms. The van der Waals surface area contributed by atoms with Gasteiger partial charge in [0.25, 0.3) is 0 Å². The topological polar surface area (TPSA) is 56.7 Å². The number of aromatic nitrogens is 3. The standard InChI is InChI=1S/C14H17ClN4/c1-9-17-18-14(19(9)13-4-2-3-5-13)10-6-11(15)8-12(16)7-10/h6-8,13H,2-5,16H2,1H3. The molecule has 0 radical (unpaired) electrons. The Kier molecular flexibility index (Phi) is 3.19. The van der Waals surface area contributed by atoms with E-state index in [0.717, 1.165) is 17.2 Å². The van der Waals surface area contributed by atoms with Crippen LogP contribution in [0.1, 0.15) is 37.5 Å². The van der Waals surface area contributed by atoms with Crippen molar-refractivity contribution in [1.29, 1.82) is 0 Å². The molecule has 1 aliphatic carbocycles. The van der Waals surface area contributed by atoms with E-state index in [1.165, 1.54) is 25.7 Å². The maximum atomic E-state index is 6.08. The molecule has 1 aliphatic rings. The van der Waals surface area contributed by atoms with Gasteiger partial charge in [-0.05, 0) is 38.0 Å². The zero-order valence-electron chi connectivity index (χ0n) is 10.9. The number of nitrogen functional groups attached to an aromatic ring is 1. The van der Waals surface area contributed by atoms with E-state index < -0.39 is 0 Å². The summed E-state index contributed by atoms with van der Waals surface area (Å²) in [6, 6.07) is 6.05. The van der Waals surface area contributed by atoms with Gasteiger partial charge in [-0.25, -0.2) is 0 Å². The Labute approximate surface area is 117 Å². The largest absolute Gasteiger partial charge is 0.399 e. The van der Waals surface area contributed by atoms with Crippen LogP contribution in [0.5, 0.6) is 0 Å². The van der Waals surface area contributed by atoms with E-state index >= 15 is 0 Å². The van der Waals surface area contributed by atoms with Crippen molar-refractivity contribution >= 4 is 17.3 Å². The molecular weight excluding hydrogens is 260 g/mol. The fourth-order valence-electron chi connectivity index (χ4n) is 2.91. The highest BCUT2D eigenvalue weighted by Gasteiger charge is 2.23. The molecule has 0 spiro atoms. The van der Waals surface area contributed by atoms with Crippen molar-refractivity contribution in [2.24, 2.45) is 0 Å². The Morgan fingerprint density at radius 3 is 2.63 bits per heavy atom. The van der Waals surface area contributed by atoms with Gasteiger partial charge in [0, 0.05) is 22.3 Å². The van der Waals surface area contributed by atoms with Crippen molar-refractivity contribution in [2.45, 2.75) is 38.6 Å². The average Bonchev–Trinajstić information content (AvgIpc) is 2.96. The fraction of sp³-hybridized carbons (Fsp3) is 0.429. The van der Waals surface area contributed by atoms with Gasteiger partial charge >= 0.3 is 0 Å². The molecule has 3 rings (SSSR count). The predicted octanol–water partition coefficient (Wildman–Crippen LogP) is 3.60. The molecule has 4 nitrogen and oxygen atoms in total. The summed E-state index contributed by atoms with van der Waals surface area (Å²) >= 11 is 6.08. The van der Waals surface area contributed by atoms with Gasteiger partial charge in [0.05, 0.1) is 0 Å². The average molecular weight is 277 g/mol. The van der Waals surface area contributed by atoms with E-state index in [1.807, 2.05) is 19.1 Å². The number of hydrogen-bond donors (Lipinski definition) is 1. The minimum absolute atomic E-state index is 0.505. The molecule has 0 unspecified atom stereocenters. The third-order valence-corrected chi connectivity index (χ3v) is 3.95. The molecule has 0 saturated heterocycles. The van der Waals surface area contributed by atoms with E-state index in [9.17, 15) is 0 Å². The second-order valence-corrected chi connectivity index (χ2v) is 5.59. The molecule has 1 heterocycles. The minimum atomic E-state index is 0.505. The SMILES string of the molecule is Cc1nnc(-c2cc(N)cc(Cl)c2)n1C1CCCC1. The predicted molar refractivity (Wildman–Crippen MR) is 77.1 cm³/mol. The van der Waals surface area contributed by atoms with Crippen LogP contribution in [0, 0.1) is 6.92 Å². The third kappa shape index (κ3) is 2.32. The number of hydrogen-bond acceptors (Lipinski definition) is 3. The van der Waals surface area contributed by atoms with Crippen LogP contribution in [0.25, 0.3) is 11.4 Å². The van der Waals surface area contributed by atoms with E-state index in [1.54, 1.807) is 6.07 Å². The summed E-state index contributed by atoms with van der Waals surface area (Å²) in [5.41, 5.74) is 7.46. The summed E-state index contributed by atoms with van der Waals surface area (Å²) in [5.74, 6) is 1.83. The minimum Gasteiger partial charge on any atom is -0.399 e. The lowest BCUT2D eigenvalue weighted by molar-refractivity contribution is 0.510. The number of nitrogens with two attached hydrogens (primary N) is 1. The summed E-state index contributed by atoms with van der Waals surface area (Å²) < 4.78 is 2.23. The molecule has 100 valence electrons. The number of anilines is 1. The number of aryl methyl sites for hydroxylation is 1. The number of benzene rings is 1. The summed E-state index contributed by atoms with van der Waals surface area (Å²) in [7, 11) is 0. The van der Waals surface area contributed by atoms with Gasteiger partial charge in [0.2, 0.25) is 0 Å². The van der Waals surface area contributed by atoms with Crippen LogP contribution in [-0.4, -0.2) is 14.8 Å². The van der Waals surface area contributed by atoms with Crippen LogP contribution in [0.4, 0.5) is 5.69 Å². The van der Waals surface area contributed by atoms with Crippen LogP contribution < -0.4 is 5.73 Å². The van der Waals surface area contributed by atoms with Gasteiger partial charge in [-0.2, -0.15) is 0 Å². The number of halogens is 1. The smallest absolute Gasteiger partial charge is 0.164 e. The van der Waals surface area contributed by atoms with Gasteiger partial charge in [-0.1, -0.05) is 24.4 Å². The fourth-order valence-corrected chi connectivity index (χ4v) is 3.15. The Hall–Kier alpha value is -1.55. The molecule has 1 fully saturated rings. The number of rotatable bonds is 2. The maximum Gasteiger partial charge on any atom is 0.164 e. The van der Waals surface area contributed by atoms with Crippen molar-refractivity contribution in [3.8, 4) is 11.4 Å². The van der Waals surface area contributed by atoms with Gasteiger partial charge < -0.3 is 10.3 Å². The van der Waals surface area contributed by atoms with Crippen molar-refractivity contribution in [1.82, 2.24) is 14.8 Å². The first-order valence-corrected chi connectivity index (χ1v) is 7.01. The highest BCUT2D eigenvalue weighted by atomic mass is 35.5. The van der Waals surface area contributed by atoms with Crippen LogP contribution in [0.2, 0.25) is 5.02 Å². The van der Waals surface area contributed by atoms with Crippen molar-refractivity contribution in [2.75, 3.05) is 5.73 Å². The van der Waals surface area contributed by atoms with Crippen molar-refractivity contribution in [3.05, 3.63) is 29.0 Å². The third-order valence-electron chi connectivity index (χ3n) is 3.73. The lowest BCUT2D eigenvalue weighted by Crippen LogP contribution is -2.08. The van der Waals surface area contributed by atoms with E-state index in [-0.39, 0.29) is 0 Å². The first kappa shape index (κ1) is 12.5. The maximum absolute atomic E-state index is 6.08. The zero-order chi connectivity index (χ0) is 13.4. The van der Waals surface area contributed by atoms with Gasteiger partial charge in [-0.3, -0.25) is 0 Å². The molecule has 1 saturated carbocycles. The summed E-state index contributed by atoms with van der Waals surface area (Å²) in [4.78, 5) is 0. The molecule has 2 N–H and O–H groups in total. The normalized spacial score (nSPS) is 16.1. The quantitative estimate of drug-likeness (QED) is 0.853. The van der Waals surface area contributed by atoms with E-state index in [2.05, 4.69) is 14.8 Å². The van der Waals surface area contributed by atoms with E-state index in [0.29, 0.717) is 16.8 Å². The molecule has 1 aromatic heterocycles. The molecule has 0 atom stereocenters. The first-order chi connectivity index (χ1) is 9.15. The molecule has 0 aliphatic heterocycles. The molecule has 1 aromatic carbocycles. The molecular formula is C14H17ClN4. The van der Waals surface area contributed by atoms with Crippen molar-refractivity contribution in [3.63, 3.8) is 0 Å². The molecule has 19 heavy (non-hydrogen) atoms. The van der Waals surface area contributed by atoms with Crippen LogP contribution in [0.15, 0.2) is 18.2 Å². The lowest BCUT2D eigenvalue weighted by atomic mass is 10.1. The molecule has 2 aromatic rings. The van der Waals surface area contributed by atoms with Crippen LogP contribution in [0.3, 0.4) is 0 Å². The Morgan fingerprint density at radius 2 is 1.95 bits per heavy atom. The summed E-state index contributed by atoms with van der Waals surface area (Å²) in [5, 5.41) is 9.17. The summed E-state index contributed by atoms with van der Waals surface area (Å²) in [6.07, 6.45) is 4.95. The van der Waals surface area contributed by atoms with E-state index in [4.69, 9.17) is 17.3 Å². The van der Waals surface area contributed by atoms with Crippen molar-refractivity contribution < 1.29 is 0 Å². The Morgan fingerprint density at radius 1 is 1.21 bits per heavy atom. The van der Waals surface area contributed by atoms with Crippen LogP contribution >= 0.6 is 11.6 Å². The Bertz CT molecular complexity index is 579. The first-order valence-electron chi connectivity index (χ1n) is 6.63.